The number of hydrogen-bond donors (Lipinski definition) is 0. The van der Waals surface area contributed by atoms with Crippen molar-refractivity contribution in [2.24, 2.45) is 11.8 Å². The second-order valence-electron chi connectivity index (χ2n) is 5.87. The van der Waals surface area contributed by atoms with Crippen molar-refractivity contribution in [1.29, 1.82) is 0 Å². The van der Waals surface area contributed by atoms with Crippen molar-refractivity contribution in [3.05, 3.63) is 0 Å². The molecule has 0 amide bonds. The normalized spacial score (nSPS) is 23.4. The summed E-state index contributed by atoms with van der Waals surface area (Å²) in [4.78, 5) is 11.3. The lowest BCUT2D eigenvalue weighted by atomic mass is 9.91. The van der Waals surface area contributed by atoms with Gasteiger partial charge in [0.2, 0.25) is 5.24 Å². The Kier molecular flexibility index (Phi) is 8.75. The van der Waals surface area contributed by atoms with E-state index in [2.05, 4.69) is 6.92 Å². The van der Waals surface area contributed by atoms with Crippen LogP contribution in [0.25, 0.3) is 0 Å². The van der Waals surface area contributed by atoms with Crippen LogP contribution in [0.15, 0.2) is 0 Å². The largest absolute Gasteiger partial charge is 0.281 e. The highest BCUT2D eigenvalue weighted by atomic mass is 35.5. The molecule has 2 atom stereocenters. The van der Waals surface area contributed by atoms with Crippen LogP contribution < -0.4 is 0 Å². The summed E-state index contributed by atoms with van der Waals surface area (Å²) in [6.45, 7) is 2.26. The van der Waals surface area contributed by atoms with Gasteiger partial charge in [-0.1, -0.05) is 64.7 Å². The third-order valence-corrected chi connectivity index (χ3v) is 4.66. The summed E-state index contributed by atoms with van der Waals surface area (Å²) in [6.07, 6.45) is 15.6. The Bertz CT molecular complexity index is 227. The molecule has 0 aromatic carbocycles. The molecule has 0 aliphatic heterocycles. The van der Waals surface area contributed by atoms with Crippen LogP contribution >= 0.6 is 11.6 Å². The van der Waals surface area contributed by atoms with E-state index >= 15 is 0 Å². The fourth-order valence-electron chi connectivity index (χ4n) is 3.22. The molecule has 0 heterocycles. The zero-order valence-electron chi connectivity index (χ0n) is 11.9. The van der Waals surface area contributed by atoms with Gasteiger partial charge in [0.15, 0.2) is 0 Å². The first-order valence-electron chi connectivity index (χ1n) is 7.95. The van der Waals surface area contributed by atoms with Crippen molar-refractivity contribution in [2.45, 2.75) is 84.0 Å². The lowest BCUT2D eigenvalue weighted by molar-refractivity contribution is -0.116. The predicted octanol–water partition coefficient (Wildman–Crippen LogP) is 5.70. The first kappa shape index (κ1) is 16.0. The topological polar surface area (TPSA) is 17.1 Å². The van der Waals surface area contributed by atoms with E-state index in [1.165, 1.54) is 70.6 Å². The van der Waals surface area contributed by atoms with E-state index in [4.69, 9.17) is 11.6 Å². The van der Waals surface area contributed by atoms with Crippen LogP contribution in [0.3, 0.4) is 0 Å². The SMILES string of the molecule is CCCCCCCCCC[C@@H]1CCC[C@@H]1C(=O)Cl. The van der Waals surface area contributed by atoms with Crippen LogP contribution in [-0.2, 0) is 4.79 Å². The fraction of sp³-hybridized carbons (Fsp3) is 0.938. The number of halogens is 1. The molecular weight excluding hydrogens is 244 g/mol. The summed E-state index contributed by atoms with van der Waals surface area (Å²) in [5.41, 5.74) is 0. The van der Waals surface area contributed by atoms with Crippen LogP contribution in [0.5, 0.6) is 0 Å². The minimum Gasteiger partial charge on any atom is -0.281 e. The zero-order valence-corrected chi connectivity index (χ0v) is 12.7. The molecule has 0 aromatic heterocycles. The molecule has 1 aliphatic carbocycles. The predicted molar refractivity (Wildman–Crippen MR) is 78.9 cm³/mol. The second kappa shape index (κ2) is 9.83. The minimum absolute atomic E-state index is 0.0861. The van der Waals surface area contributed by atoms with Crippen LogP contribution in [0.2, 0.25) is 0 Å². The third-order valence-electron chi connectivity index (χ3n) is 4.38. The third kappa shape index (κ3) is 6.22. The number of hydrogen-bond acceptors (Lipinski definition) is 1. The van der Waals surface area contributed by atoms with Gasteiger partial charge >= 0.3 is 0 Å². The van der Waals surface area contributed by atoms with Crippen LogP contribution in [0.4, 0.5) is 0 Å². The first-order chi connectivity index (χ1) is 8.75. The van der Waals surface area contributed by atoms with Gasteiger partial charge in [-0.2, -0.15) is 0 Å². The van der Waals surface area contributed by atoms with E-state index in [1.54, 1.807) is 0 Å². The molecule has 106 valence electrons. The molecule has 0 radical (unpaired) electrons. The van der Waals surface area contributed by atoms with Gasteiger partial charge in [0.1, 0.15) is 0 Å². The van der Waals surface area contributed by atoms with E-state index in [0.717, 1.165) is 6.42 Å². The highest BCUT2D eigenvalue weighted by Crippen LogP contribution is 2.36. The smallest absolute Gasteiger partial charge is 0.224 e. The molecule has 2 heteroatoms. The van der Waals surface area contributed by atoms with E-state index in [0.29, 0.717) is 5.92 Å². The average molecular weight is 273 g/mol. The summed E-state index contributed by atoms with van der Waals surface area (Å²) in [6, 6.07) is 0. The first-order valence-corrected chi connectivity index (χ1v) is 8.32. The van der Waals surface area contributed by atoms with Crippen molar-refractivity contribution in [2.75, 3.05) is 0 Å². The molecule has 0 N–H and O–H groups in total. The molecule has 1 saturated carbocycles. The van der Waals surface area contributed by atoms with Gasteiger partial charge < -0.3 is 0 Å². The number of carbonyl (C=O) groups excluding carboxylic acids is 1. The molecule has 0 bridgehead atoms. The van der Waals surface area contributed by atoms with E-state index in [-0.39, 0.29) is 11.2 Å². The molecule has 1 aliphatic rings. The maximum atomic E-state index is 11.3. The van der Waals surface area contributed by atoms with Crippen molar-refractivity contribution in [3.63, 3.8) is 0 Å². The van der Waals surface area contributed by atoms with Gasteiger partial charge in [0.25, 0.3) is 0 Å². The number of unbranched alkanes of at least 4 members (excludes halogenated alkanes) is 7. The molecule has 0 unspecified atom stereocenters. The molecule has 1 fully saturated rings. The molecule has 18 heavy (non-hydrogen) atoms. The number of carbonyl (C=O) groups is 1. The second-order valence-corrected chi connectivity index (χ2v) is 6.24. The number of rotatable bonds is 10. The molecule has 0 saturated heterocycles. The van der Waals surface area contributed by atoms with Gasteiger partial charge in [-0.15, -0.1) is 0 Å². The quantitative estimate of drug-likeness (QED) is 0.368. The van der Waals surface area contributed by atoms with Gasteiger partial charge in [-0.25, -0.2) is 0 Å². The lowest BCUT2D eigenvalue weighted by Gasteiger charge is -2.15. The maximum absolute atomic E-state index is 11.3. The molecule has 1 rings (SSSR count). The van der Waals surface area contributed by atoms with E-state index < -0.39 is 0 Å². The van der Waals surface area contributed by atoms with E-state index in [9.17, 15) is 4.79 Å². The van der Waals surface area contributed by atoms with E-state index in [1.807, 2.05) is 0 Å². The van der Waals surface area contributed by atoms with Crippen LogP contribution in [0.1, 0.15) is 84.0 Å². The van der Waals surface area contributed by atoms with Crippen LogP contribution in [-0.4, -0.2) is 5.24 Å². The average Bonchev–Trinajstić information content (AvgIpc) is 2.81. The van der Waals surface area contributed by atoms with Gasteiger partial charge in [-0.3, -0.25) is 4.79 Å². The summed E-state index contributed by atoms with van der Waals surface area (Å²) in [5, 5.41) is -0.0861. The summed E-state index contributed by atoms with van der Waals surface area (Å²) in [7, 11) is 0. The fourth-order valence-corrected chi connectivity index (χ4v) is 3.51. The minimum atomic E-state index is -0.0861. The van der Waals surface area contributed by atoms with Crippen molar-refractivity contribution >= 4 is 16.8 Å². The Labute approximate surface area is 118 Å². The molecule has 0 spiro atoms. The maximum Gasteiger partial charge on any atom is 0.224 e. The van der Waals surface area contributed by atoms with Crippen molar-refractivity contribution in [3.8, 4) is 0 Å². The van der Waals surface area contributed by atoms with Gasteiger partial charge in [0, 0.05) is 5.92 Å². The molecule has 1 nitrogen and oxygen atoms in total. The highest BCUT2D eigenvalue weighted by molar-refractivity contribution is 6.64. The molecular formula is C16H29ClO. The Morgan fingerprint density at radius 2 is 1.61 bits per heavy atom. The zero-order chi connectivity index (χ0) is 13.2. The molecule has 0 aromatic rings. The Morgan fingerprint density at radius 1 is 1.00 bits per heavy atom. The summed E-state index contributed by atoms with van der Waals surface area (Å²) >= 11 is 5.65. The highest BCUT2D eigenvalue weighted by Gasteiger charge is 2.31. The van der Waals surface area contributed by atoms with Crippen molar-refractivity contribution in [1.82, 2.24) is 0 Å². The monoisotopic (exact) mass is 272 g/mol. The Hall–Kier alpha value is -0.0400. The summed E-state index contributed by atoms with van der Waals surface area (Å²) < 4.78 is 0. The van der Waals surface area contributed by atoms with Gasteiger partial charge in [-0.05, 0) is 36.8 Å². The standard InChI is InChI=1S/C16H29ClO/c1-2-3-4-5-6-7-8-9-11-14-12-10-13-15(14)16(17)18/h14-15H,2-13H2,1H3/t14-,15+/m1/s1. The Morgan fingerprint density at radius 3 is 2.22 bits per heavy atom. The van der Waals surface area contributed by atoms with Gasteiger partial charge in [0.05, 0.1) is 0 Å². The summed E-state index contributed by atoms with van der Waals surface area (Å²) in [5.74, 6) is 0.770. The Balaban J connectivity index is 1.96. The lowest BCUT2D eigenvalue weighted by Crippen LogP contribution is -2.14. The van der Waals surface area contributed by atoms with Crippen LogP contribution in [0, 0.1) is 11.8 Å². The van der Waals surface area contributed by atoms with Crippen molar-refractivity contribution < 1.29 is 4.79 Å².